The molecule has 0 unspecified atom stereocenters. The first-order valence-electron chi connectivity index (χ1n) is 6.63. The minimum atomic E-state index is -0.189. The van der Waals surface area contributed by atoms with Crippen LogP contribution in [0.15, 0.2) is 12.1 Å². The maximum Gasteiger partial charge on any atom is 0.237 e. The van der Waals surface area contributed by atoms with Crippen molar-refractivity contribution in [1.29, 1.82) is 0 Å². The Morgan fingerprint density at radius 1 is 1.00 bits per heavy atom. The summed E-state index contributed by atoms with van der Waals surface area (Å²) in [5.74, 6) is -0.661. The Morgan fingerprint density at radius 2 is 1.45 bits per heavy atom. The van der Waals surface area contributed by atoms with E-state index in [0.717, 1.165) is 25.7 Å². The van der Waals surface area contributed by atoms with Crippen molar-refractivity contribution < 1.29 is 9.59 Å². The molecule has 1 aromatic rings. The highest BCUT2D eigenvalue weighted by Crippen LogP contribution is 2.42. The summed E-state index contributed by atoms with van der Waals surface area (Å²) in [5, 5.41) is 0.506. The van der Waals surface area contributed by atoms with Gasteiger partial charge in [0, 0.05) is 0 Å². The lowest BCUT2D eigenvalue weighted by Crippen LogP contribution is -2.30. The van der Waals surface area contributed by atoms with Gasteiger partial charge in [-0.2, -0.15) is 0 Å². The van der Waals surface area contributed by atoms with Crippen LogP contribution in [0.4, 0.5) is 11.4 Å². The Kier molecular flexibility index (Phi) is 3.38. The van der Waals surface area contributed by atoms with Gasteiger partial charge in [-0.3, -0.25) is 9.59 Å². The molecule has 1 aromatic carbocycles. The fourth-order valence-electron chi connectivity index (χ4n) is 3.12. The number of carbonyl (C=O) groups excluding carboxylic acids is 2. The van der Waals surface area contributed by atoms with Gasteiger partial charge in [-0.05, 0) is 25.0 Å². The summed E-state index contributed by atoms with van der Waals surface area (Å²) in [6, 6.07) is 3.05. The number of imide groups is 1. The van der Waals surface area contributed by atoms with Crippen LogP contribution in [-0.2, 0) is 9.59 Å². The first kappa shape index (κ1) is 13.7. The molecular weight excluding hydrogens is 299 g/mol. The van der Waals surface area contributed by atoms with E-state index in [-0.39, 0.29) is 39.4 Å². The highest BCUT2D eigenvalue weighted by Gasteiger charge is 2.48. The molecule has 1 heterocycles. The molecule has 1 aliphatic carbocycles. The summed E-state index contributed by atoms with van der Waals surface area (Å²) < 4.78 is 0. The van der Waals surface area contributed by atoms with E-state index in [1.54, 1.807) is 0 Å². The normalized spacial score (nSPS) is 26.0. The number of amides is 2. The monoisotopic (exact) mass is 312 g/mol. The maximum absolute atomic E-state index is 12.4. The van der Waals surface area contributed by atoms with Gasteiger partial charge in [0.2, 0.25) is 11.8 Å². The quantitative estimate of drug-likeness (QED) is 0.639. The van der Waals surface area contributed by atoms with Gasteiger partial charge in [-0.15, -0.1) is 0 Å². The van der Waals surface area contributed by atoms with E-state index in [1.165, 1.54) is 17.0 Å². The summed E-state index contributed by atoms with van der Waals surface area (Å²) in [6.07, 6.45) is 3.55. The molecule has 0 spiro atoms. The van der Waals surface area contributed by atoms with Crippen LogP contribution in [0.25, 0.3) is 0 Å². The van der Waals surface area contributed by atoms with Crippen molar-refractivity contribution in [3.63, 3.8) is 0 Å². The summed E-state index contributed by atoms with van der Waals surface area (Å²) in [5.41, 5.74) is 6.36. The Balaban J connectivity index is 2.02. The van der Waals surface area contributed by atoms with E-state index in [9.17, 15) is 9.59 Å². The van der Waals surface area contributed by atoms with E-state index < -0.39 is 0 Å². The standard InChI is InChI=1S/C14H14Cl2N2O2/c15-10-5-7(6-11(16)12(10)17)18-13(19)8-3-1-2-4-9(8)14(18)20/h5-6,8-9H,1-4,17H2/t8-,9-/m0/s1. The summed E-state index contributed by atoms with van der Waals surface area (Å²) in [7, 11) is 0. The lowest BCUT2D eigenvalue weighted by atomic mass is 9.81. The van der Waals surface area contributed by atoms with E-state index in [4.69, 9.17) is 28.9 Å². The average molecular weight is 313 g/mol. The van der Waals surface area contributed by atoms with Crippen LogP contribution in [-0.4, -0.2) is 11.8 Å². The minimum Gasteiger partial charge on any atom is -0.396 e. The van der Waals surface area contributed by atoms with Crippen LogP contribution in [0.1, 0.15) is 25.7 Å². The third-order valence-electron chi connectivity index (χ3n) is 4.16. The first-order chi connectivity index (χ1) is 9.50. The molecule has 2 N–H and O–H groups in total. The number of hydrogen-bond donors (Lipinski definition) is 1. The number of rotatable bonds is 1. The largest absolute Gasteiger partial charge is 0.396 e. The van der Waals surface area contributed by atoms with Crippen molar-refractivity contribution in [1.82, 2.24) is 0 Å². The highest BCUT2D eigenvalue weighted by molar-refractivity contribution is 6.39. The number of hydrogen-bond acceptors (Lipinski definition) is 3. The van der Waals surface area contributed by atoms with Gasteiger partial charge in [0.1, 0.15) is 0 Å². The molecule has 0 aromatic heterocycles. The fraction of sp³-hybridized carbons (Fsp3) is 0.429. The van der Waals surface area contributed by atoms with E-state index >= 15 is 0 Å². The molecule has 1 aliphatic heterocycles. The molecule has 0 radical (unpaired) electrons. The number of benzene rings is 1. The molecule has 4 nitrogen and oxygen atoms in total. The summed E-state index contributed by atoms with van der Waals surface area (Å²) in [4.78, 5) is 26.1. The van der Waals surface area contributed by atoms with Gasteiger partial charge in [0.05, 0.1) is 33.3 Å². The van der Waals surface area contributed by atoms with Crippen molar-refractivity contribution in [2.75, 3.05) is 10.6 Å². The summed E-state index contributed by atoms with van der Waals surface area (Å²) in [6.45, 7) is 0. The van der Waals surface area contributed by atoms with Crippen molar-refractivity contribution in [3.8, 4) is 0 Å². The Morgan fingerprint density at radius 3 is 1.90 bits per heavy atom. The van der Waals surface area contributed by atoms with Crippen LogP contribution >= 0.6 is 23.2 Å². The molecular formula is C14H14Cl2N2O2. The number of nitrogen functional groups attached to an aromatic ring is 1. The fourth-order valence-corrected chi connectivity index (χ4v) is 3.59. The number of fused-ring (bicyclic) bond motifs is 1. The topological polar surface area (TPSA) is 63.4 Å². The van der Waals surface area contributed by atoms with Crippen molar-refractivity contribution in [2.24, 2.45) is 11.8 Å². The Bertz CT molecular complexity index is 556. The molecule has 2 amide bonds. The molecule has 6 heteroatoms. The molecule has 1 saturated heterocycles. The molecule has 20 heavy (non-hydrogen) atoms. The van der Waals surface area contributed by atoms with Gasteiger partial charge < -0.3 is 5.73 Å². The van der Waals surface area contributed by atoms with Crippen LogP contribution < -0.4 is 10.6 Å². The third kappa shape index (κ3) is 1.98. The van der Waals surface area contributed by atoms with Crippen molar-refractivity contribution in [2.45, 2.75) is 25.7 Å². The van der Waals surface area contributed by atoms with Crippen LogP contribution in [0.2, 0.25) is 10.0 Å². The molecule has 3 rings (SSSR count). The lowest BCUT2D eigenvalue weighted by molar-refractivity contribution is -0.122. The van der Waals surface area contributed by atoms with Crippen molar-refractivity contribution >= 4 is 46.4 Å². The third-order valence-corrected chi connectivity index (χ3v) is 4.79. The number of nitrogens with zero attached hydrogens (tertiary/aromatic N) is 1. The number of anilines is 2. The van der Waals surface area contributed by atoms with E-state index in [1.807, 2.05) is 0 Å². The number of carbonyl (C=O) groups is 2. The Hall–Kier alpha value is -1.26. The van der Waals surface area contributed by atoms with E-state index in [2.05, 4.69) is 0 Å². The number of nitrogens with two attached hydrogens (primary N) is 1. The summed E-state index contributed by atoms with van der Waals surface area (Å²) >= 11 is 12.0. The van der Waals surface area contributed by atoms with Crippen molar-refractivity contribution in [3.05, 3.63) is 22.2 Å². The SMILES string of the molecule is Nc1c(Cl)cc(N2C(=O)[C@H]3CCCC[C@@H]3C2=O)cc1Cl. The van der Waals surface area contributed by atoms with Crippen LogP contribution in [0.3, 0.4) is 0 Å². The molecule has 2 fully saturated rings. The highest BCUT2D eigenvalue weighted by atomic mass is 35.5. The second kappa shape index (κ2) is 4.93. The molecule has 1 saturated carbocycles. The first-order valence-corrected chi connectivity index (χ1v) is 7.38. The predicted octanol–water partition coefficient (Wildman–Crippen LogP) is 3.26. The number of halogens is 2. The van der Waals surface area contributed by atoms with Gasteiger partial charge in [0.15, 0.2) is 0 Å². The van der Waals surface area contributed by atoms with Gasteiger partial charge in [-0.1, -0.05) is 36.0 Å². The smallest absolute Gasteiger partial charge is 0.237 e. The second-order valence-corrected chi connectivity index (χ2v) is 6.15. The second-order valence-electron chi connectivity index (χ2n) is 5.33. The lowest BCUT2D eigenvalue weighted by Gasteiger charge is -2.19. The minimum absolute atomic E-state index is 0.142. The zero-order valence-electron chi connectivity index (χ0n) is 10.7. The van der Waals surface area contributed by atoms with Crippen LogP contribution in [0.5, 0.6) is 0 Å². The predicted molar refractivity (Wildman–Crippen MR) is 78.8 cm³/mol. The average Bonchev–Trinajstić information content (AvgIpc) is 2.68. The van der Waals surface area contributed by atoms with E-state index in [0.29, 0.717) is 5.69 Å². The molecule has 106 valence electrons. The zero-order chi connectivity index (χ0) is 14.4. The van der Waals surface area contributed by atoms with Crippen LogP contribution in [0, 0.1) is 11.8 Å². The van der Waals surface area contributed by atoms with Gasteiger partial charge >= 0.3 is 0 Å². The Labute approximate surface area is 126 Å². The van der Waals surface area contributed by atoms with Gasteiger partial charge in [0.25, 0.3) is 0 Å². The molecule has 2 aliphatic rings. The molecule has 0 bridgehead atoms. The zero-order valence-corrected chi connectivity index (χ0v) is 12.2. The van der Waals surface area contributed by atoms with Gasteiger partial charge in [-0.25, -0.2) is 4.90 Å². The molecule has 2 atom stereocenters. The maximum atomic E-state index is 12.4.